The fraction of sp³-hybridized carbons (Fsp3) is 0.364. The molecule has 0 unspecified atom stereocenters. The summed E-state index contributed by atoms with van der Waals surface area (Å²) in [7, 11) is 1.34. The first kappa shape index (κ1) is 11.9. The zero-order valence-corrected chi connectivity index (χ0v) is 10.5. The molecule has 0 aliphatic carbocycles. The van der Waals surface area contributed by atoms with E-state index >= 15 is 0 Å². The normalized spacial score (nSPS) is 11.1. The molecule has 0 aromatic carbocycles. The minimum absolute atomic E-state index is 0.108. The first-order chi connectivity index (χ1) is 8.04. The second-order valence-electron chi connectivity index (χ2n) is 3.96. The number of carbonyl (C=O) groups is 1. The maximum atomic E-state index is 11.8. The Bertz CT molecular complexity index is 577. The van der Waals surface area contributed by atoms with Crippen LogP contribution in [0.25, 0.3) is 11.0 Å². The van der Waals surface area contributed by atoms with Gasteiger partial charge < -0.3 is 9.72 Å². The second kappa shape index (κ2) is 4.33. The molecular formula is C11H12ClN3O2. The number of fused-ring (bicyclic) bond motifs is 1. The van der Waals surface area contributed by atoms with Gasteiger partial charge in [-0.05, 0) is 17.5 Å². The highest BCUT2D eigenvalue weighted by atomic mass is 35.5. The Kier molecular flexibility index (Phi) is 3.02. The number of carbonyl (C=O) groups excluding carboxylic acids is 1. The number of esters is 1. The zero-order valence-electron chi connectivity index (χ0n) is 9.74. The lowest BCUT2D eigenvalue weighted by Crippen LogP contribution is -2.06. The van der Waals surface area contributed by atoms with E-state index in [0.29, 0.717) is 16.6 Å². The molecule has 0 bridgehead atoms. The van der Waals surface area contributed by atoms with Crippen molar-refractivity contribution in [2.45, 2.75) is 19.8 Å². The van der Waals surface area contributed by atoms with Crippen LogP contribution in [0.1, 0.15) is 35.8 Å². The first-order valence-electron chi connectivity index (χ1n) is 5.17. The summed E-state index contributed by atoms with van der Waals surface area (Å²) in [6.45, 7) is 3.96. The number of ether oxygens (including phenoxy) is 1. The molecule has 0 atom stereocenters. The van der Waals surface area contributed by atoms with E-state index in [1.54, 1.807) is 6.20 Å². The lowest BCUT2D eigenvalue weighted by atomic mass is 10.1. The average Bonchev–Trinajstić information content (AvgIpc) is 2.66. The fourth-order valence-corrected chi connectivity index (χ4v) is 1.85. The van der Waals surface area contributed by atoms with Gasteiger partial charge in [-0.15, -0.1) is 0 Å². The molecule has 0 aliphatic heterocycles. The molecule has 2 rings (SSSR count). The third-order valence-corrected chi connectivity index (χ3v) is 2.68. The minimum Gasteiger partial charge on any atom is -0.465 e. The van der Waals surface area contributed by atoms with E-state index in [0.717, 1.165) is 5.69 Å². The summed E-state index contributed by atoms with van der Waals surface area (Å²) < 4.78 is 4.77. The molecule has 0 saturated carbocycles. The van der Waals surface area contributed by atoms with Gasteiger partial charge in [0, 0.05) is 5.69 Å². The van der Waals surface area contributed by atoms with Crippen molar-refractivity contribution in [1.82, 2.24) is 15.0 Å². The van der Waals surface area contributed by atoms with Gasteiger partial charge in [-0.1, -0.05) is 13.8 Å². The molecule has 2 aromatic rings. The van der Waals surface area contributed by atoms with Crippen LogP contribution in [0, 0.1) is 0 Å². The number of hydrogen-bond donors (Lipinski definition) is 1. The Morgan fingerprint density at radius 3 is 2.82 bits per heavy atom. The highest BCUT2D eigenvalue weighted by Crippen LogP contribution is 2.27. The van der Waals surface area contributed by atoms with Gasteiger partial charge in [0.15, 0.2) is 0 Å². The third-order valence-electron chi connectivity index (χ3n) is 2.50. The highest BCUT2D eigenvalue weighted by molar-refractivity contribution is 6.28. The quantitative estimate of drug-likeness (QED) is 0.660. The van der Waals surface area contributed by atoms with Gasteiger partial charge >= 0.3 is 5.97 Å². The number of rotatable bonds is 2. The summed E-state index contributed by atoms with van der Waals surface area (Å²) in [4.78, 5) is 22.8. The molecule has 0 amide bonds. The van der Waals surface area contributed by atoms with Crippen molar-refractivity contribution in [3.05, 3.63) is 22.7 Å². The Labute approximate surface area is 103 Å². The summed E-state index contributed by atoms with van der Waals surface area (Å²) in [6.07, 6.45) is 1.56. The SMILES string of the molecule is COC(=O)c1c(C(C)C)[nH]c2cnc(Cl)nc12. The van der Waals surface area contributed by atoms with E-state index in [4.69, 9.17) is 16.3 Å². The molecule has 0 aliphatic rings. The summed E-state index contributed by atoms with van der Waals surface area (Å²) in [6, 6.07) is 0. The average molecular weight is 254 g/mol. The molecule has 6 heteroatoms. The molecule has 0 spiro atoms. The number of aromatic amines is 1. The van der Waals surface area contributed by atoms with E-state index in [1.165, 1.54) is 7.11 Å². The monoisotopic (exact) mass is 253 g/mol. The summed E-state index contributed by atoms with van der Waals surface area (Å²) in [5.41, 5.74) is 2.39. The molecule has 0 fully saturated rings. The van der Waals surface area contributed by atoms with Crippen LogP contribution in [-0.2, 0) is 4.74 Å². The standard InChI is InChI=1S/C11H12ClN3O2/c1-5(2)8-7(10(16)17-3)9-6(14-8)4-13-11(12)15-9/h4-5,14H,1-3H3. The van der Waals surface area contributed by atoms with Crippen molar-refractivity contribution in [3.8, 4) is 0 Å². The number of hydrogen-bond acceptors (Lipinski definition) is 4. The van der Waals surface area contributed by atoms with Crippen molar-refractivity contribution >= 4 is 28.6 Å². The number of aromatic nitrogens is 3. The number of H-pyrrole nitrogens is 1. The topological polar surface area (TPSA) is 67.9 Å². The van der Waals surface area contributed by atoms with Crippen molar-refractivity contribution in [3.63, 3.8) is 0 Å². The van der Waals surface area contributed by atoms with Gasteiger partial charge in [0.2, 0.25) is 5.28 Å². The van der Waals surface area contributed by atoms with Gasteiger partial charge in [-0.25, -0.2) is 14.8 Å². The number of nitrogens with zero attached hydrogens (tertiary/aromatic N) is 2. The largest absolute Gasteiger partial charge is 0.465 e. The smallest absolute Gasteiger partial charge is 0.341 e. The molecule has 90 valence electrons. The maximum absolute atomic E-state index is 11.8. The van der Waals surface area contributed by atoms with Gasteiger partial charge in [-0.3, -0.25) is 0 Å². The fourth-order valence-electron chi connectivity index (χ4n) is 1.72. The van der Waals surface area contributed by atoms with Crippen LogP contribution in [0.5, 0.6) is 0 Å². The third kappa shape index (κ3) is 1.98. The molecule has 0 radical (unpaired) electrons. The highest BCUT2D eigenvalue weighted by Gasteiger charge is 2.22. The van der Waals surface area contributed by atoms with Crippen LogP contribution in [0.3, 0.4) is 0 Å². The van der Waals surface area contributed by atoms with Crippen LogP contribution < -0.4 is 0 Å². The molecule has 2 heterocycles. The van der Waals surface area contributed by atoms with Crippen LogP contribution in [0.15, 0.2) is 6.20 Å². The van der Waals surface area contributed by atoms with E-state index in [1.807, 2.05) is 13.8 Å². The Balaban J connectivity index is 2.77. The molecule has 0 saturated heterocycles. The van der Waals surface area contributed by atoms with Crippen LogP contribution in [0.2, 0.25) is 5.28 Å². The van der Waals surface area contributed by atoms with Crippen molar-refractivity contribution in [2.75, 3.05) is 7.11 Å². The first-order valence-corrected chi connectivity index (χ1v) is 5.54. The van der Waals surface area contributed by atoms with E-state index < -0.39 is 5.97 Å². The van der Waals surface area contributed by atoms with Gasteiger partial charge in [-0.2, -0.15) is 0 Å². The molecular weight excluding hydrogens is 242 g/mol. The van der Waals surface area contributed by atoms with Gasteiger partial charge in [0.25, 0.3) is 0 Å². The minimum atomic E-state index is -0.422. The predicted molar refractivity (Wildman–Crippen MR) is 64.3 cm³/mol. The lowest BCUT2D eigenvalue weighted by molar-refractivity contribution is 0.0601. The maximum Gasteiger partial charge on any atom is 0.341 e. The lowest BCUT2D eigenvalue weighted by Gasteiger charge is -2.05. The molecule has 17 heavy (non-hydrogen) atoms. The van der Waals surface area contributed by atoms with Gasteiger partial charge in [0.05, 0.1) is 18.8 Å². The summed E-state index contributed by atoms with van der Waals surface area (Å²) in [5.74, 6) is -0.271. The Hall–Kier alpha value is -1.62. The van der Waals surface area contributed by atoms with E-state index in [-0.39, 0.29) is 11.2 Å². The second-order valence-corrected chi connectivity index (χ2v) is 4.30. The van der Waals surface area contributed by atoms with E-state index in [2.05, 4.69) is 15.0 Å². The number of halogens is 1. The zero-order chi connectivity index (χ0) is 12.6. The van der Waals surface area contributed by atoms with Crippen LogP contribution in [0.4, 0.5) is 0 Å². The van der Waals surface area contributed by atoms with Gasteiger partial charge in [0.1, 0.15) is 11.1 Å². The van der Waals surface area contributed by atoms with Crippen LogP contribution in [-0.4, -0.2) is 28.0 Å². The van der Waals surface area contributed by atoms with Crippen LogP contribution >= 0.6 is 11.6 Å². The molecule has 5 nitrogen and oxygen atoms in total. The molecule has 2 aromatic heterocycles. The summed E-state index contributed by atoms with van der Waals surface area (Å²) in [5, 5.41) is 0.108. The molecule has 1 N–H and O–H groups in total. The van der Waals surface area contributed by atoms with Crippen molar-refractivity contribution in [1.29, 1.82) is 0 Å². The predicted octanol–water partition coefficient (Wildman–Crippen LogP) is 2.52. The van der Waals surface area contributed by atoms with E-state index in [9.17, 15) is 4.79 Å². The Morgan fingerprint density at radius 1 is 1.53 bits per heavy atom. The summed E-state index contributed by atoms with van der Waals surface area (Å²) >= 11 is 5.74. The number of methoxy groups -OCH3 is 1. The van der Waals surface area contributed by atoms with Crippen molar-refractivity contribution in [2.24, 2.45) is 0 Å². The number of nitrogens with one attached hydrogen (secondary N) is 1. The van der Waals surface area contributed by atoms with Crippen molar-refractivity contribution < 1.29 is 9.53 Å². The Morgan fingerprint density at radius 2 is 2.24 bits per heavy atom.